The van der Waals surface area contributed by atoms with Crippen molar-refractivity contribution in [1.82, 2.24) is 4.90 Å². The number of carbonyl (C=O) groups excluding carboxylic acids is 1. The first-order valence-corrected chi connectivity index (χ1v) is 6.15. The van der Waals surface area contributed by atoms with E-state index in [4.69, 9.17) is 5.73 Å². The molecule has 2 amide bonds. The van der Waals surface area contributed by atoms with Crippen molar-refractivity contribution in [2.45, 2.75) is 31.8 Å². The summed E-state index contributed by atoms with van der Waals surface area (Å²) in [6.45, 7) is 2.57. The largest absolute Gasteiger partial charge is 0.328 e. The molecule has 0 radical (unpaired) electrons. The maximum atomic E-state index is 13.4. The molecule has 0 aromatic heterocycles. The lowest BCUT2D eigenvalue weighted by Crippen LogP contribution is -2.49. The van der Waals surface area contributed by atoms with Gasteiger partial charge in [-0.25, -0.2) is 9.18 Å². The molecular formula is C13H18FN3O. The second-order valence-corrected chi connectivity index (χ2v) is 4.74. The summed E-state index contributed by atoms with van der Waals surface area (Å²) < 4.78 is 13.4. The third-order valence-corrected chi connectivity index (χ3v) is 3.29. The number of hydrogen-bond donors (Lipinski definition) is 2. The monoisotopic (exact) mass is 251 g/mol. The maximum Gasteiger partial charge on any atom is 0.322 e. The molecule has 2 atom stereocenters. The zero-order valence-electron chi connectivity index (χ0n) is 10.4. The van der Waals surface area contributed by atoms with E-state index < -0.39 is 5.82 Å². The fraction of sp³-hybridized carbons (Fsp3) is 0.462. The zero-order valence-corrected chi connectivity index (χ0v) is 10.4. The first-order chi connectivity index (χ1) is 8.58. The van der Waals surface area contributed by atoms with Crippen LogP contribution in [0.15, 0.2) is 24.3 Å². The number of hydrogen-bond acceptors (Lipinski definition) is 2. The van der Waals surface area contributed by atoms with E-state index in [1.54, 1.807) is 23.1 Å². The van der Waals surface area contributed by atoms with Crippen molar-refractivity contribution in [2.24, 2.45) is 5.73 Å². The third-order valence-electron chi connectivity index (χ3n) is 3.29. The molecule has 98 valence electrons. The smallest absolute Gasteiger partial charge is 0.322 e. The first-order valence-electron chi connectivity index (χ1n) is 6.15. The molecule has 1 aliphatic heterocycles. The van der Waals surface area contributed by atoms with Crippen molar-refractivity contribution in [3.05, 3.63) is 30.1 Å². The van der Waals surface area contributed by atoms with Crippen molar-refractivity contribution in [3.8, 4) is 0 Å². The number of piperidine rings is 1. The summed E-state index contributed by atoms with van der Waals surface area (Å²) in [5.74, 6) is -0.424. The van der Waals surface area contributed by atoms with E-state index >= 15 is 0 Å². The van der Waals surface area contributed by atoms with Crippen LogP contribution < -0.4 is 11.1 Å². The van der Waals surface area contributed by atoms with Gasteiger partial charge in [0.1, 0.15) is 5.82 Å². The van der Waals surface area contributed by atoms with Crippen molar-refractivity contribution < 1.29 is 9.18 Å². The first kappa shape index (κ1) is 12.8. The number of para-hydroxylation sites is 1. The van der Waals surface area contributed by atoms with E-state index in [1.807, 2.05) is 6.92 Å². The molecule has 1 aromatic carbocycles. The Hall–Kier alpha value is -1.62. The third kappa shape index (κ3) is 2.79. The number of halogens is 1. The fourth-order valence-corrected chi connectivity index (χ4v) is 2.26. The number of anilines is 1. The second kappa shape index (κ2) is 5.35. The molecule has 2 rings (SSSR count). The SMILES string of the molecule is CC1CC(N)CCN1C(=O)Nc1ccccc1F. The number of rotatable bonds is 1. The van der Waals surface area contributed by atoms with Crippen LogP contribution in [0.25, 0.3) is 0 Å². The molecule has 5 heteroatoms. The summed E-state index contributed by atoms with van der Waals surface area (Å²) >= 11 is 0. The predicted molar refractivity (Wildman–Crippen MR) is 68.8 cm³/mol. The molecular weight excluding hydrogens is 233 g/mol. The number of carbonyl (C=O) groups is 1. The minimum Gasteiger partial charge on any atom is -0.328 e. The second-order valence-electron chi connectivity index (χ2n) is 4.74. The Bertz CT molecular complexity index is 438. The normalized spacial score (nSPS) is 23.8. The Balaban J connectivity index is 2.02. The molecule has 1 saturated heterocycles. The number of nitrogens with two attached hydrogens (primary N) is 1. The summed E-state index contributed by atoms with van der Waals surface area (Å²) in [6.07, 6.45) is 1.57. The highest BCUT2D eigenvalue weighted by Crippen LogP contribution is 2.19. The van der Waals surface area contributed by atoms with Crippen molar-refractivity contribution >= 4 is 11.7 Å². The molecule has 0 bridgehead atoms. The van der Waals surface area contributed by atoms with Crippen LogP contribution in [-0.4, -0.2) is 29.6 Å². The van der Waals surface area contributed by atoms with Gasteiger partial charge >= 0.3 is 6.03 Å². The number of urea groups is 1. The molecule has 1 aromatic rings. The van der Waals surface area contributed by atoms with Crippen LogP contribution in [0, 0.1) is 5.82 Å². The summed E-state index contributed by atoms with van der Waals surface area (Å²) in [7, 11) is 0. The Morgan fingerprint density at radius 2 is 2.22 bits per heavy atom. The van der Waals surface area contributed by atoms with Crippen LogP contribution in [0.2, 0.25) is 0 Å². The van der Waals surface area contributed by atoms with E-state index in [9.17, 15) is 9.18 Å². The van der Waals surface area contributed by atoms with Crippen LogP contribution in [0.3, 0.4) is 0 Å². The van der Waals surface area contributed by atoms with Crippen LogP contribution in [0.4, 0.5) is 14.9 Å². The van der Waals surface area contributed by atoms with Gasteiger partial charge in [-0.3, -0.25) is 0 Å². The van der Waals surface area contributed by atoms with Gasteiger partial charge in [-0.15, -0.1) is 0 Å². The number of nitrogens with zero attached hydrogens (tertiary/aromatic N) is 1. The maximum absolute atomic E-state index is 13.4. The summed E-state index contributed by atoms with van der Waals surface area (Å²) in [5.41, 5.74) is 6.06. The van der Waals surface area contributed by atoms with Gasteiger partial charge in [0, 0.05) is 18.6 Å². The molecule has 0 aliphatic carbocycles. The highest BCUT2D eigenvalue weighted by molar-refractivity contribution is 5.89. The van der Waals surface area contributed by atoms with Crippen molar-refractivity contribution in [3.63, 3.8) is 0 Å². The average Bonchev–Trinajstić information content (AvgIpc) is 2.32. The van der Waals surface area contributed by atoms with Crippen LogP contribution in [0.5, 0.6) is 0 Å². The highest BCUT2D eigenvalue weighted by Gasteiger charge is 2.27. The summed E-state index contributed by atoms with van der Waals surface area (Å²) in [5, 5.41) is 2.60. The molecule has 1 aliphatic rings. The molecule has 4 nitrogen and oxygen atoms in total. The zero-order chi connectivity index (χ0) is 13.1. The quantitative estimate of drug-likeness (QED) is 0.803. The van der Waals surface area contributed by atoms with E-state index in [-0.39, 0.29) is 23.8 Å². The van der Waals surface area contributed by atoms with Gasteiger partial charge in [-0.1, -0.05) is 12.1 Å². The van der Waals surface area contributed by atoms with Gasteiger partial charge in [0.05, 0.1) is 5.69 Å². The van der Waals surface area contributed by atoms with Gasteiger partial charge in [0.25, 0.3) is 0 Å². The van der Waals surface area contributed by atoms with Gasteiger partial charge < -0.3 is 16.0 Å². The topological polar surface area (TPSA) is 58.4 Å². The number of benzene rings is 1. The van der Waals surface area contributed by atoms with Crippen molar-refractivity contribution in [2.75, 3.05) is 11.9 Å². The molecule has 18 heavy (non-hydrogen) atoms. The van der Waals surface area contributed by atoms with Gasteiger partial charge in [-0.2, -0.15) is 0 Å². The molecule has 1 fully saturated rings. The Morgan fingerprint density at radius 3 is 2.89 bits per heavy atom. The molecule has 2 unspecified atom stereocenters. The summed E-state index contributed by atoms with van der Waals surface area (Å²) in [4.78, 5) is 13.7. The predicted octanol–water partition coefficient (Wildman–Crippen LogP) is 2.17. The molecule has 3 N–H and O–H groups in total. The minimum absolute atomic E-state index is 0.0838. The van der Waals surface area contributed by atoms with Crippen molar-refractivity contribution in [1.29, 1.82) is 0 Å². The minimum atomic E-state index is -0.424. The van der Waals surface area contributed by atoms with Gasteiger partial charge in [0.15, 0.2) is 0 Å². The summed E-state index contributed by atoms with van der Waals surface area (Å²) in [6, 6.07) is 6.12. The van der Waals surface area contributed by atoms with E-state index in [0.717, 1.165) is 12.8 Å². The molecule has 0 spiro atoms. The molecule has 0 saturated carbocycles. The number of amides is 2. The Labute approximate surface area is 106 Å². The van der Waals surface area contributed by atoms with Crippen LogP contribution >= 0.6 is 0 Å². The Morgan fingerprint density at radius 1 is 1.50 bits per heavy atom. The lowest BCUT2D eigenvalue weighted by atomic mass is 10.00. The number of likely N-dealkylation sites (tertiary alicyclic amines) is 1. The standard InChI is InChI=1S/C13H18FN3O/c1-9-8-10(15)6-7-17(9)13(18)16-12-5-3-2-4-11(12)14/h2-5,9-10H,6-8,15H2,1H3,(H,16,18). The van der Waals surface area contributed by atoms with Crippen LogP contribution in [0.1, 0.15) is 19.8 Å². The fourth-order valence-electron chi connectivity index (χ4n) is 2.26. The van der Waals surface area contributed by atoms with Gasteiger partial charge in [-0.05, 0) is 31.9 Å². The van der Waals surface area contributed by atoms with Gasteiger partial charge in [0.2, 0.25) is 0 Å². The van der Waals surface area contributed by atoms with E-state index in [1.165, 1.54) is 6.07 Å². The number of nitrogens with one attached hydrogen (secondary N) is 1. The van der Waals surface area contributed by atoms with E-state index in [2.05, 4.69) is 5.32 Å². The lowest BCUT2D eigenvalue weighted by Gasteiger charge is -2.36. The highest BCUT2D eigenvalue weighted by atomic mass is 19.1. The molecule has 1 heterocycles. The van der Waals surface area contributed by atoms with Crippen LogP contribution in [-0.2, 0) is 0 Å². The lowest BCUT2D eigenvalue weighted by molar-refractivity contribution is 0.162. The average molecular weight is 251 g/mol. The van der Waals surface area contributed by atoms with E-state index in [0.29, 0.717) is 6.54 Å². The Kier molecular flexibility index (Phi) is 3.81.